The Balaban J connectivity index is 1.37. The molecule has 57 heavy (non-hydrogen) atoms. The quantitative estimate of drug-likeness (QED) is 0.125. The molecule has 3 aromatic rings. The number of aliphatic hydroxyl groups is 3. The van der Waals surface area contributed by atoms with Crippen LogP contribution in [0.25, 0.3) is 10.9 Å². The van der Waals surface area contributed by atoms with Crippen molar-refractivity contribution in [3.63, 3.8) is 0 Å². The Bertz CT molecular complexity index is 2190. The highest BCUT2D eigenvalue weighted by atomic mass is 16.6. The van der Waals surface area contributed by atoms with Gasteiger partial charge in [-0.15, -0.1) is 0 Å². The molecule has 6 aliphatic rings. The largest absolute Gasteiger partial charge is 0.632 e. The third-order valence-electron chi connectivity index (χ3n) is 15.6. The molecule has 6 heterocycles. The Morgan fingerprint density at radius 3 is 2.49 bits per heavy atom. The van der Waals surface area contributed by atoms with Gasteiger partial charge in [0.25, 0.3) is 0 Å². The van der Waals surface area contributed by atoms with Crippen LogP contribution in [0.2, 0.25) is 0 Å². The Morgan fingerprint density at radius 1 is 1.04 bits per heavy atom. The van der Waals surface area contributed by atoms with E-state index >= 15 is 10.0 Å². The fraction of sp³-hybridized carbons (Fsp3) is 0.591. The van der Waals surface area contributed by atoms with Crippen LogP contribution in [0.1, 0.15) is 68.3 Å². The topological polar surface area (TPSA) is 168 Å². The first-order chi connectivity index (χ1) is 27.2. The number of likely N-dealkylation sites (N-methyl/N-ethyl adjacent to an activating group) is 1. The van der Waals surface area contributed by atoms with Gasteiger partial charge >= 0.3 is 11.9 Å². The summed E-state index contributed by atoms with van der Waals surface area (Å²) in [5.74, 6) is -1.18. The number of methoxy groups -OCH3 is 3. The fourth-order valence-corrected chi connectivity index (χ4v) is 13.5. The molecule has 2 saturated heterocycles. The van der Waals surface area contributed by atoms with Gasteiger partial charge in [-0.3, -0.25) is 9.69 Å². The maximum Gasteiger partial charge on any atom is 0.342 e. The normalized spacial score (nSPS) is 40.2. The van der Waals surface area contributed by atoms with E-state index in [2.05, 4.69) is 16.0 Å². The zero-order chi connectivity index (χ0) is 40.5. The molecule has 1 spiro atoms. The number of carbonyl (C=O) groups excluding carboxylic acids is 2. The summed E-state index contributed by atoms with van der Waals surface area (Å²) in [5, 5.41) is 53.5. The number of aromatic nitrogens is 1. The van der Waals surface area contributed by atoms with Gasteiger partial charge in [0, 0.05) is 67.0 Å². The van der Waals surface area contributed by atoms with Gasteiger partial charge < -0.3 is 49.3 Å². The van der Waals surface area contributed by atoms with Gasteiger partial charge in [0.05, 0.1) is 56.9 Å². The van der Waals surface area contributed by atoms with Crippen LogP contribution in [-0.2, 0) is 36.3 Å². The van der Waals surface area contributed by atoms with E-state index in [-0.39, 0.29) is 31.8 Å². The molecule has 1 saturated carbocycles. The molecule has 0 radical (unpaired) electrons. The Labute approximate surface area is 333 Å². The van der Waals surface area contributed by atoms with E-state index < -0.39 is 62.2 Å². The number of esters is 2. The third-order valence-corrected chi connectivity index (χ3v) is 15.6. The number of H-pyrrole nitrogens is 1. The molecule has 4 N–H and O–H groups in total. The monoisotopic (exact) mass is 784 g/mol. The molecule has 9 rings (SSSR count). The van der Waals surface area contributed by atoms with Gasteiger partial charge in [0.2, 0.25) is 5.60 Å². The Hall–Kier alpha value is -3.98. The minimum absolute atomic E-state index is 0.130. The van der Waals surface area contributed by atoms with Crippen molar-refractivity contribution in [2.24, 2.45) is 11.3 Å². The number of hydrogen-bond donors (Lipinski definition) is 4. The Kier molecular flexibility index (Phi) is 8.63. The average Bonchev–Trinajstić information content (AvgIpc) is 3.84. The van der Waals surface area contributed by atoms with Crippen LogP contribution < -0.4 is 9.64 Å². The van der Waals surface area contributed by atoms with Crippen molar-refractivity contribution in [3.05, 3.63) is 76.1 Å². The number of hydrogen-bond acceptors (Lipinski definition) is 11. The van der Waals surface area contributed by atoms with Gasteiger partial charge in [0.1, 0.15) is 23.3 Å². The van der Waals surface area contributed by atoms with E-state index in [1.165, 1.54) is 14.2 Å². The average molecular weight is 785 g/mol. The van der Waals surface area contributed by atoms with E-state index in [1.807, 2.05) is 55.2 Å². The molecule has 3 fully saturated rings. The number of fused-ring (bicyclic) bond motifs is 6. The zero-order valence-electron chi connectivity index (χ0n) is 33.8. The number of nitrogens with zero attached hydrogens (tertiary/aromatic N) is 3. The number of nitrogens with one attached hydrogen (secondary N) is 1. The van der Waals surface area contributed by atoms with Gasteiger partial charge in [-0.05, 0) is 67.4 Å². The third kappa shape index (κ3) is 4.72. The van der Waals surface area contributed by atoms with Crippen LogP contribution in [0.4, 0.5) is 5.69 Å². The van der Waals surface area contributed by atoms with Crippen LogP contribution in [0.3, 0.4) is 0 Å². The lowest BCUT2D eigenvalue weighted by molar-refractivity contribution is -0.900. The number of ether oxygens (including phenoxy) is 3. The van der Waals surface area contributed by atoms with Crippen molar-refractivity contribution in [3.8, 4) is 5.75 Å². The van der Waals surface area contributed by atoms with Gasteiger partial charge in [-0.2, -0.15) is 0 Å². The lowest BCUT2D eigenvalue weighted by atomic mass is 9.47. The SMILES string of the molecule is CC[C@]1(O)C[C@H]2CN(CCc3c([nH]c4ccccc34)C(C(=O)OC)(c3cc4c(cc3OC)N(C)[C@@H]3C45CC[N+]4([O-])CC=C[C@@](CC)([C@@H](O)[C@]3(O)C(=O)OC)[C@@H]54)C2)C1. The van der Waals surface area contributed by atoms with Crippen LogP contribution in [0, 0.1) is 16.5 Å². The van der Waals surface area contributed by atoms with Crippen molar-refractivity contribution >= 4 is 28.5 Å². The highest BCUT2D eigenvalue weighted by molar-refractivity contribution is 5.94. The number of aromatic amines is 1. The van der Waals surface area contributed by atoms with Crippen molar-refractivity contribution < 1.29 is 43.8 Å². The lowest BCUT2D eigenvalue weighted by Gasteiger charge is -2.65. The molecule has 1 aliphatic carbocycles. The van der Waals surface area contributed by atoms with Crippen LogP contribution in [0.15, 0.2) is 48.6 Å². The summed E-state index contributed by atoms with van der Waals surface area (Å²) in [6.45, 7) is 6.19. The van der Waals surface area contributed by atoms with Gasteiger partial charge in [0.15, 0.2) is 0 Å². The number of rotatable bonds is 6. The summed E-state index contributed by atoms with van der Waals surface area (Å²) in [4.78, 5) is 37.2. The predicted octanol–water partition coefficient (Wildman–Crippen LogP) is 3.43. The maximum atomic E-state index is 15.3. The minimum atomic E-state index is -2.43. The predicted molar refractivity (Wildman–Crippen MR) is 213 cm³/mol. The molecule has 13 heteroatoms. The smallest absolute Gasteiger partial charge is 0.342 e. The van der Waals surface area contributed by atoms with Crippen LogP contribution in [-0.4, -0.2) is 132 Å². The summed E-state index contributed by atoms with van der Waals surface area (Å²) in [6, 6.07) is 10.0. The van der Waals surface area contributed by atoms with E-state index in [0.29, 0.717) is 73.6 Å². The molecule has 5 aliphatic heterocycles. The summed E-state index contributed by atoms with van der Waals surface area (Å²) in [5.41, 5.74) is -2.84. The molecule has 1 aromatic heterocycles. The number of anilines is 1. The number of aliphatic hydroxyl groups excluding tert-OH is 1. The van der Waals surface area contributed by atoms with E-state index in [9.17, 15) is 20.1 Å². The summed E-state index contributed by atoms with van der Waals surface area (Å²) in [6.07, 6.45) is 4.55. The number of hydroxylamine groups is 3. The number of quaternary nitrogens is 1. The first kappa shape index (κ1) is 38.5. The molecule has 4 unspecified atom stereocenters. The number of benzene rings is 2. The lowest BCUT2D eigenvalue weighted by Crippen LogP contribution is -2.82. The molecule has 11 atom stereocenters. The van der Waals surface area contributed by atoms with Crippen LogP contribution in [0.5, 0.6) is 5.75 Å². The maximum absolute atomic E-state index is 15.3. The number of carbonyl (C=O) groups is 2. The fourth-order valence-electron chi connectivity index (χ4n) is 13.5. The molecule has 2 bridgehead atoms. The molecule has 0 amide bonds. The second-order valence-electron chi connectivity index (χ2n) is 18.0. The van der Waals surface area contributed by atoms with E-state index in [4.69, 9.17) is 14.2 Å². The van der Waals surface area contributed by atoms with Gasteiger partial charge in [-0.1, -0.05) is 38.1 Å². The second kappa shape index (κ2) is 12.8. The van der Waals surface area contributed by atoms with E-state index in [1.54, 1.807) is 20.2 Å². The Morgan fingerprint density at radius 2 is 1.79 bits per heavy atom. The van der Waals surface area contributed by atoms with Crippen molar-refractivity contribution in [1.82, 2.24) is 9.88 Å². The number of para-hydroxylation sites is 1. The first-order valence-electron chi connectivity index (χ1n) is 20.5. The highest BCUT2D eigenvalue weighted by Gasteiger charge is 2.82. The zero-order valence-corrected chi connectivity index (χ0v) is 33.8. The molecule has 13 nitrogen and oxygen atoms in total. The minimum Gasteiger partial charge on any atom is -0.632 e. The molecule has 2 aromatic carbocycles. The van der Waals surface area contributed by atoms with Crippen molar-refractivity contribution in [1.29, 1.82) is 0 Å². The number of piperidine rings is 1. The molecular weight excluding hydrogens is 729 g/mol. The van der Waals surface area contributed by atoms with E-state index in [0.717, 1.165) is 16.5 Å². The molecular formula is C44H56N4O9. The second-order valence-corrected chi connectivity index (χ2v) is 18.0. The summed E-state index contributed by atoms with van der Waals surface area (Å²) in [7, 11) is 5.95. The summed E-state index contributed by atoms with van der Waals surface area (Å²) < 4.78 is 16.9. The summed E-state index contributed by atoms with van der Waals surface area (Å²) >= 11 is 0. The molecule has 306 valence electrons. The van der Waals surface area contributed by atoms with Crippen LogP contribution >= 0.6 is 0 Å². The standard InChI is InChI=1S/C44H56N4O9/c1-7-40(52)22-26-23-43(38(50)56-5,34-28(14-17-47(24-26)25-40)27-12-9-10-13-31(27)45-34)30-20-29-32(21-33(30)55-4)46(3)35-42(29)16-19-48(54)18-11-15-41(8-2,36(42)48)37(49)44(35,53)39(51)57-6/h9-13,15,20-21,26,35-37,45,49,52-53H,7-8,14,16-19,22-25H2,1-6H3/t26-,35-,36+,37-,40+,41-,42?,43?,44+,48?/m1/s1. The van der Waals surface area contributed by atoms with Crippen molar-refractivity contribution in [2.45, 2.75) is 92.6 Å². The van der Waals surface area contributed by atoms with Gasteiger partial charge in [-0.25, -0.2) is 4.79 Å². The highest BCUT2D eigenvalue weighted by Crippen LogP contribution is 2.69. The van der Waals surface area contributed by atoms with Crippen molar-refractivity contribution in [2.75, 3.05) is 66.0 Å². The first-order valence-corrected chi connectivity index (χ1v) is 20.5.